The van der Waals surface area contributed by atoms with Crippen LogP contribution >= 0.6 is 0 Å². The number of fused-ring (bicyclic) bond motifs is 1. The number of ether oxygens (including phenoxy) is 1. The Morgan fingerprint density at radius 1 is 1.14 bits per heavy atom. The fourth-order valence-electron chi connectivity index (χ4n) is 4.88. The summed E-state index contributed by atoms with van der Waals surface area (Å²) in [5.74, 6) is 0.768. The maximum Gasteiger partial charge on any atom is 0.272 e. The predicted molar refractivity (Wildman–Crippen MR) is 136 cm³/mol. The molecule has 0 bridgehead atoms. The van der Waals surface area contributed by atoms with E-state index in [1.165, 1.54) is 0 Å². The molecule has 2 aliphatic heterocycles. The first kappa shape index (κ1) is 25.4. The third-order valence-corrected chi connectivity index (χ3v) is 6.97. The summed E-state index contributed by atoms with van der Waals surface area (Å²) in [5.41, 5.74) is 1.84. The average molecular weight is 482 g/mol. The molecule has 35 heavy (non-hydrogen) atoms. The zero-order valence-corrected chi connectivity index (χ0v) is 21.5. The molecular formula is C27H39N5O3. The monoisotopic (exact) mass is 481 g/mol. The third-order valence-electron chi connectivity index (χ3n) is 6.97. The van der Waals surface area contributed by atoms with E-state index in [-0.39, 0.29) is 11.8 Å². The molecule has 0 aliphatic carbocycles. The van der Waals surface area contributed by atoms with E-state index >= 15 is 0 Å². The zero-order chi connectivity index (χ0) is 25.0. The number of aromatic nitrogens is 2. The summed E-state index contributed by atoms with van der Waals surface area (Å²) in [5, 5.41) is 6.12. The molecule has 1 fully saturated rings. The van der Waals surface area contributed by atoms with Gasteiger partial charge in [0, 0.05) is 38.4 Å². The van der Waals surface area contributed by atoms with Crippen molar-refractivity contribution in [1.82, 2.24) is 25.1 Å². The maximum absolute atomic E-state index is 13.6. The zero-order valence-electron chi connectivity index (χ0n) is 21.5. The van der Waals surface area contributed by atoms with Crippen molar-refractivity contribution in [2.24, 2.45) is 11.3 Å². The van der Waals surface area contributed by atoms with Gasteiger partial charge in [0.25, 0.3) is 5.91 Å². The molecule has 2 amide bonds. The van der Waals surface area contributed by atoms with Crippen molar-refractivity contribution in [2.45, 2.75) is 59.2 Å². The molecule has 0 unspecified atom stereocenters. The molecule has 4 rings (SSSR count). The first-order chi connectivity index (χ1) is 16.7. The first-order valence-electron chi connectivity index (χ1n) is 12.7. The van der Waals surface area contributed by atoms with E-state index in [0.29, 0.717) is 24.7 Å². The van der Waals surface area contributed by atoms with Crippen LogP contribution in [-0.2, 0) is 22.6 Å². The van der Waals surface area contributed by atoms with E-state index in [0.717, 1.165) is 62.6 Å². The van der Waals surface area contributed by atoms with Gasteiger partial charge in [-0.05, 0) is 44.2 Å². The van der Waals surface area contributed by atoms with Gasteiger partial charge in [0.1, 0.15) is 11.9 Å². The summed E-state index contributed by atoms with van der Waals surface area (Å²) in [6.07, 6.45) is 2.88. The molecule has 2 aliphatic rings. The van der Waals surface area contributed by atoms with Gasteiger partial charge < -0.3 is 24.8 Å². The predicted octanol–water partition coefficient (Wildman–Crippen LogP) is 3.07. The summed E-state index contributed by atoms with van der Waals surface area (Å²) >= 11 is 0. The van der Waals surface area contributed by atoms with Gasteiger partial charge in [-0.1, -0.05) is 51.1 Å². The van der Waals surface area contributed by atoms with E-state index in [4.69, 9.17) is 9.72 Å². The number of rotatable bonds is 6. The van der Waals surface area contributed by atoms with E-state index in [2.05, 4.69) is 27.1 Å². The Bertz CT molecular complexity index is 1020. The Morgan fingerprint density at radius 3 is 2.54 bits per heavy atom. The van der Waals surface area contributed by atoms with E-state index in [9.17, 15) is 9.59 Å². The molecule has 1 atom stereocenters. The molecule has 8 nitrogen and oxygen atoms in total. The van der Waals surface area contributed by atoms with Gasteiger partial charge in [-0.15, -0.1) is 0 Å². The number of hydrogen-bond acceptors (Lipinski definition) is 5. The van der Waals surface area contributed by atoms with Gasteiger partial charge in [0.15, 0.2) is 5.69 Å². The normalized spacial score (nSPS) is 18.4. The van der Waals surface area contributed by atoms with Crippen LogP contribution in [-0.4, -0.2) is 65.7 Å². The molecule has 1 aromatic heterocycles. The van der Waals surface area contributed by atoms with Crippen LogP contribution < -0.4 is 10.6 Å². The molecule has 0 spiro atoms. The van der Waals surface area contributed by atoms with Crippen LogP contribution in [0, 0.1) is 11.3 Å². The second kappa shape index (κ2) is 10.9. The van der Waals surface area contributed by atoms with Crippen molar-refractivity contribution >= 4 is 11.8 Å². The van der Waals surface area contributed by atoms with Crippen molar-refractivity contribution in [2.75, 3.05) is 33.4 Å². The van der Waals surface area contributed by atoms with E-state index in [1.807, 2.05) is 51.1 Å². The number of amides is 2. The lowest BCUT2D eigenvalue weighted by molar-refractivity contribution is -0.125. The highest BCUT2D eigenvalue weighted by Crippen LogP contribution is 2.27. The molecule has 0 saturated carbocycles. The lowest BCUT2D eigenvalue weighted by atomic mass is 9.85. The highest BCUT2D eigenvalue weighted by molar-refractivity contribution is 5.98. The Hall–Kier alpha value is -2.71. The largest absolute Gasteiger partial charge is 0.381 e. The minimum atomic E-state index is -0.670. The summed E-state index contributed by atoms with van der Waals surface area (Å²) in [6, 6.07) is 9.32. The molecule has 3 heterocycles. The number of hydrogen-bond donors (Lipinski definition) is 2. The number of carbonyl (C=O) groups is 2. The highest BCUT2D eigenvalue weighted by Gasteiger charge is 2.35. The van der Waals surface area contributed by atoms with Gasteiger partial charge in [0.05, 0.1) is 5.69 Å². The van der Waals surface area contributed by atoms with Crippen molar-refractivity contribution in [3.8, 4) is 11.4 Å². The standard InChI is InChI=1S/C27H39N5O3/c1-27(2,3)23(26(34)28-17-19-11-15-35-16-12-19)30-25(33)22-21-18-31(4)13-8-14-32(21)24(29-22)20-9-6-5-7-10-20/h5-7,9-10,19,23H,8,11-18H2,1-4H3,(H,28,34)(H,30,33)/t23-/m1/s1. The fourth-order valence-corrected chi connectivity index (χ4v) is 4.88. The van der Waals surface area contributed by atoms with Crippen molar-refractivity contribution in [3.05, 3.63) is 41.7 Å². The molecular weight excluding hydrogens is 442 g/mol. The van der Waals surface area contributed by atoms with E-state index in [1.54, 1.807) is 0 Å². The number of benzene rings is 1. The van der Waals surface area contributed by atoms with Crippen LogP contribution in [0.4, 0.5) is 0 Å². The molecule has 190 valence electrons. The Kier molecular flexibility index (Phi) is 7.91. The number of nitrogens with zero attached hydrogens (tertiary/aromatic N) is 3. The summed E-state index contributed by atoms with van der Waals surface area (Å²) in [4.78, 5) is 33.9. The highest BCUT2D eigenvalue weighted by atomic mass is 16.5. The minimum Gasteiger partial charge on any atom is -0.381 e. The van der Waals surface area contributed by atoms with Crippen molar-refractivity contribution in [1.29, 1.82) is 0 Å². The second-order valence-electron chi connectivity index (χ2n) is 10.9. The van der Waals surface area contributed by atoms with Gasteiger partial charge in [-0.2, -0.15) is 0 Å². The summed E-state index contributed by atoms with van der Waals surface area (Å²) in [7, 11) is 2.06. The third kappa shape index (κ3) is 6.11. The maximum atomic E-state index is 13.6. The molecule has 0 radical (unpaired) electrons. The number of nitrogens with one attached hydrogen (secondary N) is 2. The topological polar surface area (TPSA) is 88.5 Å². The van der Waals surface area contributed by atoms with Crippen LogP contribution in [0.25, 0.3) is 11.4 Å². The van der Waals surface area contributed by atoms with Gasteiger partial charge in [0.2, 0.25) is 5.91 Å². The molecule has 2 aromatic rings. The van der Waals surface area contributed by atoms with Crippen LogP contribution in [0.5, 0.6) is 0 Å². The van der Waals surface area contributed by atoms with Crippen LogP contribution in [0.1, 0.15) is 56.2 Å². The molecule has 2 N–H and O–H groups in total. The SMILES string of the molecule is CN1CCCn2c(-c3ccccc3)nc(C(=O)N[C@H](C(=O)NCC3CCOCC3)C(C)(C)C)c2C1. The lowest BCUT2D eigenvalue weighted by Gasteiger charge is -2.31. The minimum absolute atomic E-state index is 0.150. The molecule has 1 aromatic carbocycles. The Balaban J connectivity index is 1.58. The smallest absolute Gasteiger partial charge is 0.272 e. The van der Waals surface area contributed by atoms with Crippen LogP contribution in [0.15, 0.2) is 30.3 Å². The summed E-state index contributed by atoms with van der Waals surface area (Å²) in [6.45, 7) is 10.4. The Labute approximate surface area is 208 Å². The average Bonchev–Trinajstić information content (AvgIpc) is 3.07. The first-order valence-corrected chi connectivity index (χ1v) is 12.7. The van der Waals surface area contributed by atoms with Crippen molar-refractivity contribution in [3.63, 3.8) is 0 Å². The summed E-state index contributed by atoms with van der Waals surface area (Å²) < 4.78 is 7.60. The lowest BCUT2D eigenvalue weighted by Crippen LogP contribution is -2.54. The van der Waals surface area contributed by atoms with Gasteiger partial charge >= 0.3 is 0 Å². The molecule has 8 heteroatoms. The van der Waals surface area contributed by atoms with Crippen molar-refractivity contribution < 1.29 is 14.3 Å². The fraction of sp³-hybridized carbons (Fsp3) is 0.593. The number of imidazole rings is 1. The second-order valence-corrected chi connectivity index (χ2v) is 10.9. The number of carbonyl (C=O) groups excluding carboxylic acids is 2. The Morgan fingerprint density at radius 2 is 1.86 bits per heavy atom. The van der Waals surface area contributed by atoms with Gasteiger partial charge in [-0.3, -0.25) is 9.59 Å². The van der Waals surface area contributed by atoms with E-state index < -0.39 is 11.5 Å². The molecule has 1 saturated heterocycles. The van der Waals surface area contributed by atoms with Gasteiger partial charge in [-0.25, -0.2) is 4.98 Å². The van der Waals surface area contributed by atoms with Crippen LogP contribution in [0.2, 0.25) is 0 Å². The van der Waals surface area contributed by atoms with Crippen LogP contribution in [0.3, 0.4) is 0 Å². The quantitative estimate of drug-likeness (QED) is 0.662.